The van der Waals surface area contributed by atoms with Crippen LogP contribution in [0.25, 0.3) is 0 Å². The Kier molecular flexibility index (Phi) is 7.14. The fraction of sp³-hybridized carbons (Fsp3) is 1.00. The number of hydrogen-bond acceptors (Lipinski definition) is 2. The monoisotopic (exact) mass is 240 g/mol. The Morgan fingerprint density at radius 2 is 2.00 bits per heavy atom. The number of nitrogens with zero attached hydrogens (tertiary/aromatic N) is 1. The van der Waals surface area contributed by atoms with E-state index in [2.05, 4.69) is 37.9 Å². The molecule has 2 nitrogen and oxygen atoms in total. The normalized spacial score (nSPS) is 24.2. The highest BCUT2D eigenvalue weighted by molar-refractivity contribution is 4.81. The van der Waals surface area contributed by atoms with E-state index >= 15 is 0 Å². The highest BCUT2D eigenvalue weighted by atomic mass is 15.2. The molecule has 1 saturated heterocycles. The van der Waals surface area contributed by atoms with Crippen LogP contribution in [0.5, 0.6) is 0 Å². The van der Waals surface area contributed by atoms with Gasteiger partial charge in [-0.3, -0.25) is 4.90 Å². The summed E-state index contributed by atoms with van der Waals surface area (Å²) in [5.41, 5.74) is 0. The van der Waals surface area contributed by atoms with Crippen LogP contribution in [0, 0.1) is 5.92 Å². The summed E-state index contributed by atoms with van der Waals surface area (Å²) in [5, 5.41) is 3.63. The van der Waals surface area contributed by atoms with Gasteiger partial charge in [0.15, 0.2) is 0 Å². The van der Waals surface area contributed by atoms with Gasteiger partial charge in [0.2, 0.25) is 0 Å². The van der Waals surface area contributed by atoms with Gasteiger partial charge in [-0.05, 0) is 44.7 Å². The van der Waals surface area contributed by atoms with Crippen LogP contribution in [0.1, 0.15) is 59.8 Å². The van der Waals surface area contributed by atoms with Crippen molar-refractivity contribution in [1.29, 1.82) is 0 Å². The number of nitrogens with one attached hydrogen (secondary N) is 1. The van der Waals surface area contributed by atoms with Crippen molar-refractivity contribution in [1.82, 2.24) is 10.2 Å². The Balaban J connectivity index is 2.43. The van der Waals surface area contributed by atoms with Gasteiger partial charge in [0.25, 0.3) is 0 Å². The van der Waals surface area contributed by atoms with Crippen LogP contribution in [0.4, 0.5) is 0 Å². The first kappa shape index (κ1) is 15.0. The van der Waals surface area contributed by atoms with E-state index in [9.17, 15) is 0 Å². The summed E-state index contributed by atoms with van der Waals surface area (Å²) in [4.78, 5) is 2.70. The van der Waals surface area contributed by atoms with Crippen LogP contribution in [0.3, 0.4) is 0 Å². The second-order valence-electron chi connectivity index (χ2n) is 5.69. The molecule has 1 N–H and O–H groups in total. The first-order valence-electron chi connectivity index (χ1n) is 7.68. The summed E-state index contributed by atoms with van der Waals surface area (Å²) in [6, 6.07) is 1.54. The third-order valence-corrected chi connectivity index (χ3v) is 4.38. The quantitative estimate of drug-likeness (QED) is 0.700. The molecule has 1 heterocycles. The predicted octanol–water partition coefficient (Wildman–Crippen LogP) is 3.28. The van der Waals surface area contributed by atoms with Crippen molar-refractivity contribution in [3.05, 3.63) is 0 Å². The Bertz CT molecular complexity index is 187. The Morgan fingerprint density at radius 3 is 2.47 bits per heavy atom. The van der Waals surface area contributed by atoms with Crippen LogP contribution in [0.2, 0.25) is 0 Å². The lowest BCUT2D eigenvalue weighted by Crippen LogP contribution is -2.43. The zero-order chi connectivity index (χ0) is 12.7. The zero-order valence-corrected chi connectivity index (χ0v) is 12.3. The molecule has 3 atom stereocenters. The molecule has 0 aliphatic carbocycles. The molecule has 0 aromatic carbocycles. The SMILES string of the molecule is CCC(C)CC(CC)N(CC)CC1CCCN1. The van der Waals surface area contributed by atoms with Crippen molar-refractivity contribution in [2.75, 3.05) is 19.6 Å². The summed E-state index contributed by atoms with van der Waals surface area (Å²) < 4.78 is 0. The molecular formula is C15H32N2. The van der Waals surface area contributed by atoms with Crippen LogP contribution in [-0.4, -0.2) is 36.6 Å². The van der Waals surface area contributed by atoms with Gasteiger partial charge in [-0.25, -0.2) is 0 Å². The fourth-order valence-corrected chi connectivity index (χ4v) is 2.94. The summed E-state index contributed by atoms with van der Waals surface area (Å²) in [6.07, 6.45) is 6.72. The molecule has 0 radical (unpaired) electrons. The van der Waals surface area contributed by atoms with Gasteiger partial charge in [0.05, 0.1) is 0 Å². The second kappa shape index (κ2) is 8.10. The minimum atomic E-state index is 0.751. The van der Waals surface area contributed by atoms with Crippen molar-refractivity contribution >= 4 is 0 Å². The van der Waals surface area contributed by atoms with Gasteiger partial charge in [0, 0.05) is 18.6 Å². The number of likely N-dealkylation sites (N-methyl/N-ethyl adjacent to an activating group) is 1. The van der Waals surface area contributed by atoms with E-state index in [1.807, 2.05) is 0 Å². The van der Waals surface area contributed by atoms with E-state index in [-0.39, 0.29) is 0 Å². The highest BCUT2D eigenvalue weighted by Crippen LogP contribution is 2.19. The van der Waals surface area contributed by atoms with Gasteiger partial charge in [-0.15, -0.1) is 0 Å². The van der Waals surface area contributed by atoms with E-state index in [4.69, 9.17) is 0 Å². The third-order valence-electron chi connectivity index (χ3n) is 4.38. The standard InChI is InChI=1S/C15H32N2/c1-5-13(4)11-15(6-2)17(7-3)12-14-9-8-10-16-14/h13-16H,5-12H2,1-4H3. The highest BCUT2D eigenvalue weighted by Gasteiger charge is 2.22. The number of hydrogen-bond donors (Lipinski definition) is 1. The van der Waals surface area contributed by atoms with Crippen molar-refractivity contribution in [2.24, 2.45) is 5.92 Å². The second-order valence-corrected chi connectivity index (χ2v) is 5.69. The maximum Gasteiger partial charge on any atom is 0.0195 e. The van der Waals surface area contributed by atoms with Crippen molar-refractivity contribution < 1.29 is 0 Å². The topological polar surface area (TPSA) is 15.3 Å². The molecule has 1 aliphatic rings. The summed E-state index contributed by atoms with van der Waals surface area (Å²) in [7, 11) is 0. The molecule has 17 heavy (non-hydrogen) atoms. The smallest absolute Gasteiger partial charge is 0.0195 e. The molecule has 1 fully saturated rings. The first-order valence-corrected chi connectivity index (χ1v) is 7.68. The molecule has 0 spiro atoms. The van der Waals surface area contributed by atoms with Crippen LogP contribution >= 0.6 is 0 Å². The molecule has 0 saturated carbocycles. The lowest BCUT2D eigenvalue weighted by atomic mass is 9.96. The summed E-state index contributed by atoms with van der Waals surface area (Å²) in [5.74, 6) is 0.866. The van der Waals surface area contributed by atoms with Crippen LogP contribution in [0.15, 0.2) is 0 Å². The van der Waals surface area contributed by atoms with E-state index in [1.165, 1.54) is 51.7 Å². The van der Waals surface area contributed by atoms with Crippen molar-refractivity contribution in [3.63, 3.8) is 0 Å². The Morgan fingerprint density at radius 1 is 1.24 bits per heavy atom. The van der Waals surface area contributed by atoms with E-state index in [0.717, 1.165) is 18.0 Å². The average molecular weight is 240 g/mol. The maximum absolute atomic E-state index is 3.63. The van der Waals surface area contributed by atoms with Gasteiger partial charge < -0.3 is 5.32 Å². The molecule has 102 valence electrons. The largest absolute Gasteiger partial charge is 0.313 e. The van der Waals surface area contributed by atoms with Gasteiger partial charge >= 0.3 is 0 Å². The average Bonchev–Trinajstić information content (AvgIpc) is 2.85. The van der Waals surface area contributed by atoms with Crippen molar-refractivity contribution in [2.45, 2.75) is 71.9 Å². The zero-order valence-electron chi connectivity index (χ0n) is 12.3. The Hall–Kier alpha value is -0.0800. The molecule has 1 aliphatic heterocycles. The summed E-state index contributed by atoms with van der Waals surface area (Å²) in [6.45, 7) is 13.0. The minimum Gasteiger partial charge on any atom is -0.313 e. The van der Waals surface area contributed by atoms with Crippen LogP contribution in [-0.2, 0) is 0 Å². The molecular weight excluding hydrogens is 208 g/mol. The molecule has 1 rings (SSSR count). The molecule has 0 aromatic rings. The van der Waals surface area contributed by atoms with Crippen LogP contribution < -0.4 is 5.32 Å². The van der Waals surface area contributed by atoms with E-state index < -0.39 is 0 Å². The van der Waals surface area contributed by atoms with E-state index in [1.54, 1.807) is 0 Å². The fourth-order valence-electron chi connectivity index (χ4n) is 2.94. The molecule has 0 amide bonds. The van der Waals surface area contributed by atoms with Gasteiger partial charge in [0.1, 0.15) is 0 Å². The molecule has 2 heteroatoms. The van der Waals surface area contributed by atoms with Gasteiger partial charge in [-0.2, -0.15) is 0 Å². The third kappa shape index (κ3) is 4.97. The predicted molar refractivity (Wildman–Crippen MR) is 76.4 cm³/mol. The van der Waals surface area contributed by atoms with Gasteiger partial charge in [-0.1, -0.05) is 34.1 Å². The summed E-state index contributed by atoms with van der Waals surface area (Å²) >= 11 is 0. The maximum atomic E-state index is 3.63. The molecule has 0 aromatic heterocycles. The van der Waals surface area contributed by atoms with E-state index in [0.29, 0.717) is 0 Å². The first-order chi connectivity index (χ1) is 8.21. The minimum absolute atomic E-state index is 0.751. The Labute approximate surface area is 108 Å². The number of rotatable bonds is 8. The lowest BCUT2D eigenvalue weighted by Gasteiger charge is -2.33. The molecule has 3 unspecified atom stereocenters. The van der Waals surface area contributed by atoms with Crippen molar-refractivity contribution in [3.8, 4) is 0 Å². The molecule has 0 bridgehead atoms. The lowest BCUT2D eigenvalue weighted by molar-refractivity contribution is 0.159.